The van der Waals surface area contributed by atoms with Crippen molar-refractivity contribution in [2.45, 2.75) is 18.9 Å². The summed E-state index contributed by atoms with van der Waals surface area (Å²) >= 11 is 0. The van der Waals surface area contributed by atoms with Crippen LogP contribution in [0.2, 0.25) is 0 Å². The minimum Gasteiger partial charge on any atom is -0.394 e. The molecule has 1 aliphatic heterocycles. The topological polar surface area (TPSA) is 60.8 Å². The summed E-state index contributed by atoms with van der Waals surface area (Å²) in [6.07, 6.45) is 3.16. The number of benzene rings is 1. The van der Waals surface area contributed by atoms with Gasteiger partial charge in [-0.15, -0.1) is 0 Å². The van der Waals surface area contributed by atoms with Gasteiger partial charge in [0.15, 0.2) is 0 Å². The molecule has 0 saturated carbocycles. The van der Waals surface area contributed by atoms with Crippen molar-refractivity contribution in [2.24, 2.45) is 5.92 Å². The van der Waals surface area contributed by atoms with Gasteiger partial charge >= 0.3 is 0 Å². The number of carbonyl (C=O) groups excluding carboxylic acids is 1. The van der Waals surface area contributed by atoms with Gasteiger partial charge < -0.3 is 15.1 Å². The van der Waals surface area contributed by atoms with E-state index in [-0.39, 0.29) is 24.0 Å². The molecule has 0 spiro atoms. The summed E-state index contributed by atoms with van der Waals surface area (Å²) in [4.78, 5) is 13.6. The molecule has 0 aliphatic carbocycles. The Morgan fingerprint density at radius 1 is 1.27 bits per heavy atom. The minimum absolute atomic E-state index is 0.00431. The number of aliphatic hydroxyl groups is 2. The Balaban J connectivity index is 1.91. The quantitative estimate of drug-likeness (QED) is 0.830. The van der Waals surface area contributed by atoms with Gasteiger partial charge in [0.1, 0.15) is 11.6 Å². The van der Waals surface area contributed by atoms with Gasteiger partial charge in [0.25, 0.3) is 0 Å². The number of carbonyl (C=O) groups is 1. The smallest absolute Gasteiger partial charge is 0.246 e. The highest BCUT2D eigenvalue weighted by molar-refractivity contribution is 5.91. The van der Waals surface area contributed by atoms with Crippen LogP contribution in [0, 0.1) is 17.6 Å². The number of likely N-dealkylation sites (tertiary alicyclic amines) is 1. The summed E-state index contributed by atoms with van der Waals surface area (Å²) in [6, 6.07) is 3.07. The fourth-order valence-electron chi connectivity index (χ4n) is 2.60. The maximum Gasteiger partial charge on any atom is 0.246 e. The summed E-state index contributed by atoms with van der Waals surface area (Å²) in [7, 11) is 0. The third-order valence-electron chi connectivity index (χ3n) is 3.89. The van der Waals surface area contributed by atoms with Gasteiger partial charge in [-0.3, -0.25) is 4.79 Å². The molecule has 1 saturated heterocycles. The first-order valence-corrected chi connectivity index (χ1v) is 7.21. The van der Waals surface area contributed by atoms with Crippen molar-refractivity contribution < 1.29 is 23.8 Å². The van der Waals surface area contributed by atoms with Crippen LogP contribution in [0.5, 0.6) is 0 Å². The minimum atomic E-state index is -0.747. The van der Waals surface area contributed by atoms with Crippen molar-refractivity contribution in [1.82, 2.24) is 4.90 Å². The van der Waals surface area contributed by atoms with Crippen molar-refractivity contribution in [2.75, 3.05) is 19.7 Å². The van der Waals surface area contributed by atoms with Gasteiger partial charge in [0.2, 0.25) is 5.91 Å². The lowest BCUT2D eigenvalue weighted by Gasteiger charge is -2.33. The second-order valence-corrected chi connectivity index (χ2v) is 5.45. The summed E-state index contributed by atoms with van der Waals surface area (Å²) in [5, 5.41) is 18.5. The Kier molecular flexibility index (Phi) is 5.63. The van der Waals surface area contributed by atoms with Crippen LogP contribution in [0.1, 0.15) is 18.4 Å². The molecule has 120 valence electrons. The second-order valence-electron chi connectivity index (χ2n) is 5.45. The third kappa shape index (κ3) is 4.35. The lowest BCUT2D eigenvalue weighted by molar-refractivity contribution is -0.128. The molecule has 1 atom stereocenters. The van der Waals surface area contributed by atoms with Crippen molar-refractivity contribution in [3.63, 3.8) is 0 Å². The Labute approximate surface area is 127 Å². The van der Waals surface area contributed by atoms with E-state index in [0.717, 1.165) is 18.2 Å². The highest BCUT2D eigenvalue weighted by Crippen LogP contribution is 2.21. The summed E-state index contributed by atoms with van der Waals surface area (Å²) < 4.78 is 26.1. The van der Waals surface area contributed by atoms with Crippen molar-refractivity contribution >= 4 is 12.0 Å². The molecule has 4 nitrogen and oxygen atoms in total. The zero-order valence-corrected chi connectivity index (χ0v) is 12.1. The number of aliphatic hydroxyl groups excluding tert-OH is 2. The fraction of sp³-hybridized carbons (Fsp3) is 0.438. The number of nitrogens with zero attached hydrogens (tertiary/aromatic N) is 1. The largest absolute Gasteiger partial charge is 0.394 e. The Hall–Kier alpha value is -1.79. The lowest BCUT2D eigenvalue weighted by atomic mass is 9.91. The SMILES string of the molecule is O=C(/C=C/c1cc(F)cc(F)c1)N1CCC([C@@H](O)CO)CC1. The predicted molar refractivity (Wildman–Crippen MR) is 77.8 cm³/mol. The number of halogens is 2. The molecular formula is C16H19F2NO3. The predicted octanol–water partition coefficient (Wildman–Crippen LogP) is 1.57. The van der Waals surface area contributed by atoms with Crippen LogP contribution in [0.15, 0.2) is 24.3 Å². The molecule has 0 bridgehead atoms. The molecule has 1 amide bonds. The van der Waals surface area contributed by atoms with Crippen LogP contribution in [-0.2, 0) is 4.79 Å². The number of rotatable bonds is 4. The van der Waals surface area contributed by atoms with E-state index < -0.39 is 17.7 Å². The molecule has 1 heterocycles. The summed E-state index contributed by atoms with van der Waals surface area (Å²) in [5.41, 5.74) is 0.288. The van der Waals surface area contributed by atoms with E-state index in [9.17, 15) is 18.7 Å². The van der Waals surface area contributed by atoms with E-state index in [2.05, 4.69) is 0 Å². The molecule has 6 heteroatoms. The average molecular weight is 311 g/mol. The van der Waals surface area contributed by atoms with Crippen LogP contribution < -0.4 is 0 Å². The molecule has 0 unspecified atom stereocenters. The van der Waals surface area contributed by atoms with Gasteiger partial charge in [-0.1, -0.05) is 0 Å². The third-order valence-corrected chi connectivity index (χ3v) is 3.89. The van der Waals surface area contributed by atoms with Gasteiger partial charge in [0.05, 0.1) is 12.7 Å². The number of amides is 1. The van der Waals surface area contributed by atoms with E-state index in [1.807, 2.05) is 0 Å². The average Bonchev–Trinajstić information content (AvgIpc) is 2.51. The van der Waals surface area contributed by atoms with E-state index in [1.165, 1.54) is 12.2 Å². The second kappa shape index (κ2) is 7.47. The van der Waals surface area contributed by atoms with Gasteiger partial charge in [0, 0.05) is 25.2 Å². The molecule has 22 heavy (non-hydrogen) atoms. The molecule has 1 aromatic rings. The number of piperidine rings is 1. The van der Waals surface area contributed by atoms with Gasteiger partial charge in [-0.05, 0) is 42.5 Å². The summed E-state index contributed by atoms with van der Waals surface area (Å²) in [5.74, 6) is -1.62. The molecule has 1 aromatic carbocycles. The molecular weight excluding hydrogens is 292 g/mol. The number of hydrogen-bond acceptors (Lipinski definition) is 3. The van der Waals surface area contributed by atoms with Gasteiger partial charge in [-0.2, -0.15) is 0 Å². The van der Waals surface area contributed by atoms with Crippen LogP contribution in [0.25, 0.3) is 6.08 Å². The first kappa shape index (κ1) is 16.6. The van der Waals surface area contributed by atoms with E-state index in [1.54, 1.807) is 4.90 Å². The molecule has 0 aromatic heterocycles. The Morgan fingerprint density at radius 3 is 2.41 bits per heavy atom. The lowest BCUT2D eigenvalue weighted by Crippen LogP contribution is -2.41. The van der Waals surface area contributed by atoms with Crippen LogP contribution in [0.4, 0.5) is 8.78 Å². The first-order chi connectivity index (χ1) is 10.5. The Morgan fingerprint density at radius 2 is 1.86 bits per heavy atom. The molecule has 0 radical (unpaired) electrons. The van der Waals surface area contributed by atoms with Crippen LogP contribution in [0.3, 0.4) is 0 Å². The zero-order valence-electron chi connectivity index (χ0n) is 12.1. The van der Waals surface area contributed by atoms with E-state index >= 15 is 0 Å². The molecule has 2 N–H and O–H groups in total. The Bertz CT molecular complexity index is 534. The van der Waals surface area contributed by atoms with E-state index in [0.29, 0.717) is 25.9 Å². The highest BCUT2D eigenvalue weighted by Gasteiger charge is 2.26. The molecule has 2 rings (SSSR count). The van der Waals surface area contributed by atoms with Gasteiger partial charge in [-0.25, -0.2) is 8.78 Å². The first-order valence-electron chi connectivity index (χ1n) is 7.21. The molecule has 1 aliphatic rings. The summed E-state index contributed by atoms with van der Waals surface area (Å²) in [6.45, 7) is 0.703. The highest BCUT2D eigenvalue weighted by atomic mass is 19.1. The normalized spacial score (nSPS) is 17.9. The standard InChI is InChI=1S/C16H19F2NO3/c17-13-7-11(8-14(18)9-13)1-2-16(22)19-5-3-12(4-6-19)15(21)10-20/h1-2,7-9,12,15,20-21H,3-6,10H2/b2-1+/t15-/m0/s1. The van der Waals surface area contributed by atoms with Crippen LogP contribution >= 0.6 is 0 Å². The van der Waals surface area contributed by atoms with E-state index in [4.69, 9.17) is 5.11 Å². The molecule has 1 fully saturated rings. The maximum atomic E-state index is 13.0. The van der Waals surface area contributed by atoms with Crippen molar-refractivity contribution in [3.05, 3.63) is 41.5 Å². The fourth-order valence-corrected chi connectivity index (χ4v) is 2.60. The van der Waals surface area contributed by atoms with Crippen molar-refractivity contribution in [3.8, 4) is 0 Å². The zero-order chi connectivity index (χ0) is 16.1. The maximum absolute atomic E-state index is 13.0. The monoisotopic (exact) mass is 311 g/mol. The number of hydrogen-bond donors (Lipinski definition) is 2. The van der Waals surface area contributed by atoms with Crippen LogP contribution in [-0.4, -0.2) is 46.8 Å². The van der Waals surface area contributed by atoms with Crippen molar-refractivity contribution in [1.29, 1.82) is 0 Å².